The van der Waals surface area contributed by atoms with E-state index in [1.54, 1.807) is 0 Å². The molecule has 0 spiro atoms. The molecule has 0 N–H and O–H groups in total. The minimum absolute atomic E-state index is 0.0215. The van der Waals surface area contributed by atoms with Crippen LogP contribution in [0.25, 0.3) is 33.1 Å². The van der Waals surface area contributed by atoms with Gasteiger partial charge in [0.1, 0.15) is 11.2 Å². The first-order chi connectivity index (χ1) is 14.6. The van der Waals surface area contributed by atoms with Crippen molar-refractivity contribution < 1.29 is 13.7 Å². The summed E-state index contributed by atoms with van der Waals surface area (Å²) in [4.78, 5) is 0. The second-order valence-electron chi connectivity index (χ2n) is 10.5. The Hall–Kier alpha value is -2.56. The fourth-order valence-corrected chi connectivity index (χ4v) is 5.11. The standard InChI is InChI=1S/C27H27BO3/c1-25(2)21-10-8-7-9-17(21)19-15-24-20(14-22(19)25)18-12-11-16(13-23(18)29-24)28-30-26(3,4)27(5,6)31-28/h7-15H,1-6H3. The van der Waals surface area contributed by atoms with Gasteiger partial charge < -0.3 is 13.7 Å². The molecule has 3 nitrogen and oxygen atoms in total. The minimum Gasteiger partial charge on any atom is -0.456 e. The molecule has 0 unspecified atom stereocenters. The van der Waals surface area contributed by atoms with Crippen LogP contribution in [0.5, 0.6) is 0 Å². The Morgan fingerprint density at radius 2 is 1.32 bits per heavy atom. The highest BCUT2D eigenvalue weighted by Gasteiger charge is 2.51. The molecule has 0 bridgehead atoms. The molecule has 2 aliphatic rings. The summed E-state index contributed by atoms with van der Waals surface area (Å²) >= 11 is 0. The lowest BCUT2D eigenvalue weighted by atomic mass is 9.78. The quantitative estimate of drug-likeness (QED) is 0.351. The lowest BCUT2D eigenvalue weighted by Gasteiger charge is -2.32. The Morgan fingerprint density at radius 3 is 2.06 bits per heavy atom. The predicted octanol–water partition coefficient (Wildman–Crippen LogP) is 6.19. The first-order valence-corrected chi connectivity index (χ1v) is 11.0. The summed E-state index contributed by atoms with van der Waals surface area (Å²) in [7, 11) is -0.390. The van der Waals surface area contributed by atoms with E-state index in [-0.39, 0.29) is 16.6 Å². The number of furan rings is 1. The van der Waals surface area contributed by atoms with E-state index < -0.39 is 7.12 Å². The van der Waals surface area contributed by atoms with Crippen LogP contribution in [0.15, 0.2) is 59.0 Å². The molecule has 1 saturated heterocycles. The van der Waals surface area contributed by atoms with Crippen LogP contribution in [-0.4, -0.2) is 18.3 Å². The van der Waals surface area contributed by atoms with Crippen LogP contribution < -0.4 is 5.46 Å². The molecule has 6 rings (SSSR count). The highest BCUT2D eigenvalue weighted by Crippen LogP contribution is 2.50. The zero-order chi connectivity index (χ0) is 21.8. The van der Waals surface area contributed by atoms with Gasteiger partial charge in [0.05, 0.1) is 11.2 Å². The molecule has 4 aromatic rings. The molecule has 4 heteroatoms. The van der Waals surface area contributed by atoms with Crippen molar-refractivity contribution in [2.45, 2.75) is 58.2 Å². The minimum atomic E-state index is -0.390. The van der Waals surface area contributed by atoms with Gasteiger partial charge >= 0.3 is 7.12 Å². The summed E-state index contributed by atoms with van der Waals surface area (Å²) in [6.45, 7) is 12.9. The number of hydrogen-bond donors (Lipinski definition) is 0. The third-order valence-electron chi connectivity index (χ3n) is 7.72. The average molecular weight is 410 g/mol. The second-order valence-corrected chi connectivity index (χ2v) is 10.5. The van der Waals surface area contributed by atoms with Crippen molar-refractivity contribution in [2.75, 3.05) is 0 Å². The van der Waals surface area contributed by atoms with E-state index in [0.29, 0.717) is 0 Å². The van der Waals surface area contributed by atoms with E-state index >= 15 is 0 Å². The molecule has 31 heavy (non-hydrogen) atoms. The molecular weight excluding hydrogens is 383 g/mol. The fourth-order valence-electron chi connectivity index (χ4n) is 5.11. The molecule has 2 heterocycles. The van der Waals surface area contributed by atoms with Gasteiger partial charge in [-0.25, -0.2) is 0 Å². The summed E-state index contributed by atoms with van der Waals surface area (Å²) in [6, 6.07) is 19.6. The Balaban J connectivity index is 1.50. The molecular formula is C27H27BO3. The highest BCUT2D eigenvalue weighted by atomic mass is 16.7. The molecule has 0 amide bonds. The van der Waals surface area contributed by atoms with Gasteiger partial charge in [-0.3, -0.25) is 0 Å². The number of benzene rings is 3. The van der Waals surface area contributed by atoms with Gasteiger partial charge in [0.2, 0.25) is 0 Å². The molecule has 1 aromatic heterocycles. The normalized spacial score (nSPS) is 20.4. The molecule has 1 aliphatic carbocycles. The second kappa shape index (κ2) is 5.82. The van der Waals surface area contributed by atoms with E-state index in [0.717, 1.165) is 27.4 Å². The molecule has 1 fully saturated rings. The van der Waals surface area contributed by atoms with Crippen LogP contribution in [0.4, 0.5) is 0 Å². The Bertz CT molecular complexity index is 1360. The first-order valence-electron chi connectivity index (χ1n) is 11.0. The third-order valence-corrected chi connectivity index (χ3v) is 7.72. The maximum Gasteiger partial charge on any atom is 0.494 e. The lowest BCUT2D eigenvalue weighted by molar-refractivity contribution is 0.00578. The van der Waals surface area contributed by atoms with E-state index in [1.165, 1.54) is 22.3 Å². The van der Waals surface area contributed by atoms with Gasteiger partial charge in [0.15, 0.2) is 0 Å². The summed E-state index contributed by atoms with van der Waals surface area (Å²) in [5, 5.41) is 2.29. The van der Waals surface area contributed by atoms with Crippen molar-refractivity contribution >= 4 is 34.5 Å². The van der Waals surface area contributed by atoms with Crippen molar-refractivity contribution in [3.8, 4) is 11.1 Å². The van der Waals surface area contributed by atoms with E-state index in [1.807, 2.05) is 0 Å². The van der Waals surface area contributed by atoms with Crippen LogP contribution in [-0.2, 0) is 14.7 Å². The molecule has 0 radical (unpaired) electrons. The topological polar surface area (TPSA) is 31.6 Å². The summed E-state index contributed by atoms with van der Waals surface area (Å²) in [6.07, 6.45) is 0. The summed E-state index contributed by atoms with van der Waals surface area (Å²) in [5.74, 6) is 0. The molecule has 156 valence electrons. The van der Waals surface area contributed by atoms with Crippen LogP contribution in [0, 0.1) is 0 Å². The maximum absolute atomic E-state index is 6.35. The molecule has 0 saturated carbocycles. The zero-order valence-corrected chi connectivity index (χ0v) is 19.0. The fraction of sp³-hybridized carbons (Fsp3) is 0.333. The molecule has 0 atom stereocenters. The molecule has 3 aromatic carbocycles. The van der Waals surface area contributed by atoms with E-state index in [9.17, 15) is 0 Å². The van der Waals surface area contributed by atoms with Gasteiger partial charge in [0.25, 0.3) is 0 Å². The van der Waals surface area contributed by atoms with Gasteiger partial charge in [0, 0.05) is 16.2 Å². The van der Waals surface area contributed by atoms with Gasteiger partial charge in [-0.2, -0.15) is 0 Å². The van der Waals surface area contributed by atoms with Crippen molar-refractivity contribution in [3.05, 3.63) is 65.7 Å². The first kappa shape index (κ1) is 19.2. The van der Waals surface area contributed by atoms with Crippen molar-refractivity contribution in [3.63, 3.8) is 0 Å². The van der Waals surface area contributed by atoms with Crippen molar-refractivity contribution in [1.29, 1.82) is 0 Å². The number of rotatable bonds is 1. The summed E-state index contributed by atoms with van der Waals surface area (Å²) < 4.78 is 18.8. The van der Waals surface area contributed by atoms with Crippen LogP contribution in [0.3, 0.4) is 0 Å². The summed E-state index contributed by atoms with van der Waals surface area (Å²) in [5.41, 5.74) is 7.37. The maximum atomic E-state index is 6.35. The van der Waals surface area contributed by atoms with Crippen LogP contribution in [0.2, 0.25) is 0 Å². The Kier molecular flexibility index (Phi) is 3.59. The SMILES string of the molecule is CC1(C)c2ccccc2-c2cc3oc4cc(B5OC(C)(C)C(C)(C)O5)ccc4c3cc21. The van der Waals surface area contributed by atoms with Crippen LogP contribution in [0.1, 0.15) is 52.7 Å². The number of fused-ring (bicyclic) bond motifs is 6. The smallest absolute Gasteiger partial charge is 0.456 e. The van der Waals surface area contributed by atoms with E-state index in [2.05, 4.69) is 96.1 Å². The van der Waals surface area contributed by atoms with Gasteiger partial charge in [-0.15, -0.1) is 0 Å². The Labute approximate surface area is 183 Å². The largest absolute Gasteiger partial charge is 0.494 e. The zero-order valence-electron chi connectivity index (χ0n) is 19.0. The highest BCUT2D eigenvalue weighted by molar-refractivity contribution is 6.62. The van der Waals surface area contributed by atoms with Gasteiger partial charge in [-0.05, 0) is 73.6 Å². The van der Waals surface area contributed by atoms with Gasteiger partial charge in [-0.1, -0.05) is 50.2 Å². The molecule has 1 aliphatic heterocycles. The monoisotopic (exact) mass is 410 g/mol. The lowest BCUT2D eigenvalue weighted by Crippen LogP contribution is -2.41. The third kappa shape index (κ3) is 2.49. The Morgan fingerprint density at radius 1 is 0.645 bits per heavy atom. The van der Waals surface area contributed by atoms with Crippen molar-refractivity contribution in [1.82, 2.24) is 0 Å². The number of hydrogen-bond acceptors (Lipinski definition) is 3. The average Bonchev–Trinajstić information content (AvgIpc) is 3.26. The van der Waals surface area contributed by atoms with E-state index in [4.69, 9.17) is 13.7 Å². The van der Waals surface area contributed by atoms with Crippen molar-refractivity contribution in [2.24, 2.45) is 0 Å². The predicted molar refractivity (Wildman–Crippen MR) is 127 cm³/mol. The van der Waals surface area contributed by atoms with Crippen LogP contribution >= 0.6 is 0 Å².